The first kappa shape index (κ1) is 17.1. The van der Waals surface area contributed by atoms with E-state index in [-0.39, 0.29) is 11.2 Å². The van der Waals surface area contributed by atoms with Crippen LogP contribution in [0.15, 0.2) is 16.6 Å². The zero-order valence-corrected chi connectivity index (χ0v) is 13.4. The molecule has 0 amide bonds. The van der Waals surface area contributed by atoms with Crippen molar-refractivity contribution in [2.45, 2.75) is 34.6 Å². The molecular weight excluding hydrogens is 294 g/mol. The molecule has 1 aromatic rings. The molecule has 5 heteroatoms. The Morgan fingerprint density at radius 1 is 1.28 bits per heavy atom. The lowest BCUT2D eigenvalue weighted by molar-refractivity contribution is 0.412. The molecule has 0 heterocycles. The Balaban J connectivity index is 0.00000137. The number of hydrogen-bond acceptors (Lipinski definition) is 4. The molecule has 0 spiro atoms. The van der Waals surface area contributed by atoms with Gasteiger partial charge in [0.2, 0.25) is 0 Å². The number of nitrogen functional groups attached to an aromatic ring is 1. The molecular formula is C13H24BrN3O. The molecule has 18 heavy (non-hydrogen) atoms. The lowest BCUT2D eigenvalue weighted by atomic mass is 9.96. The van der Waals surface area contributed by atoms with Crippen molar-refractivity contribution in [2.75, 3.05) is 17.3 Å². The van der Waals surface area contributed by atoms with Crippen molar-refractivity contribution in [1.82, 2.24) is 0 Å². The summed E-state index contributed by atoms with van der Waals surface area (Å²) < 4.78 is 0.481. The highest BCUT2D eigenvalue weighted by atomic mass is 79.9. The smallest absolute Gasteiger partial charge is 0.132 e. The second-order valence-corrected chi connectivity index (χ2v) is 5.81. The summed E-state index contributed by atoms with van der Waals surface area (Å²) >= 11 is 3.22. The second kappa shape index (κ2) is 6.85. The van der Waals surface area contributed by atoms with Gasteiger partial charge in [0, 0.05) is 6.54 Å². The van der Waals surface area contributed by atoms with Crippen molar-refractivity contribution in [2.24, 2.45) is 11.3 Å². The first-order valence-corrected chi connectivity index (χ1v) is 6.81. The lowest BCUT2D eigenvalue weighted by Gasteiger charge is -2.28. The third-order valence-electron chi connectivity index (χ3n) is 2.09. The number of halogens is 1. The minimum atomic E-state index is 0.0750. The number of nitrogens with two attached hydrogens (primary N) is 2. The van der Waals surface area contributed by atoms with Gasteiger partial charge in [0.05, 0.1) is 15.8 Å². The Hall–Kier alpha value is -0.940. The van der Waals surface area contributed by atoms with Crippen LogP contribution in [0.5, 0.6) is 5.75 Å². The van der Waals surface area contributed by atoms with E-state index in [1.165, 1.54) is 0 Å². The van der Waals surface area contributed by atoms with Crippen LogP contribution >= 0.6 is 15.9 Å². The van der Waals surface area contributed by atoms with Crippen molar-refractivity contribution in [3.8, 4) is 5.75 Å². The molecule has 104 valence electrons. The molecule has 0 aliphatic carbocycles. The van der Waals surface area contributed by atoms with Gasteiger partial charge < -0.3 is 15.8 Å². The fourth-order valence-electron chi connectivity index (χ4n) is 1.42. The highest BCUT2D eigenvalue weighted by Crippen LogP contribution is 2.36. The van der Waals surface area contributed by atoms with Crippen LogP contribution in [0.2, 0.25) is 0 Å². The molecule has 1 aromatic carbocycles. The molecule has 0 bridgehead atoms. The number of rotatable bonds is 2. The number of hydrogen-bond donors (Lipinski definition) is 3. The fourth-order valence-corrected chi connectivity index (χ4v) is 1.75. The van der Waals surface area contributed by atoms with Gasteiger partial charge in [-0.2, -0.15) is 0 Å². The number of benzene rings is 1. The maximum Gasteiger partial charge on any atom is 0.132 e. The predicted octanol–water partition coefficient (Wildman–Crippen LogP) is 3.49. The molecule has 4 nitrogen and oxygen atoms in total. The van der Waals surface area contributed by atoms with E-state index in [1.54, 1.807) is 17.1 Å². The fraction of sp³-hybridized carbons (Fsp3) is 0.538. The number of aromatic hydroxyl groups is 1. The number of hydrazine groups is 1. The normalized spacial score (nSPS) is 10.6. The second-order valence-electron chi connectivity index (χ2n) is 5.02. The molecule has 5 N–H and O–H groups in total. The molecule has 0 saturated carbocycles. The third-order valence-corrected chi connectivity index (χ3v) is 2.92. The zero-order chi connectivity index (χ0) is 14.5. The topological polar surface area (TPSA) is 75.5 Å². The summed E-state index contributed by atoms with van der Waals surface area (Å²) in [5.41, 5.74) is 7.11. The Kier molecular flexibility index (Phi) is 6.49. The van der Waals surface area contributed by atoms with E-state index in [2.05, 4.69) is 36.7 Å². The van der Waals surface area contributed by atoms with E-state index >= 15 is 0 Å². The van der Waals surface area contributed by atoms with E-state index in [0.29, 0.717) is 22.4 Å². The number of phenols is 1. The summed E-state index contributed by atoms with van der Waals surface area (Å²) in [7, 11) is 0. The SMILES string of the molecule is CC.CC(C)(C)CN(N)c1ccc(O)c(Br)c1N. The first-order chi connectivity index (χ1) is 8.22. The van der Waals surface area contributed by atoms with E-state index in [1.807, 2.05) is 13.8 Å². The Morgan fingerprint density at radius 3 is 2.22 bits per heavy atom. The number of anilines is 2. The van der Waals surface area contributed by atoms with Gasteiger partial charge in [-0.1, -0.05) is 34.6 Å². The Labute approximate surface area is 118 Å². The molecule has 0 aromatic heterocycles. The van der Waals surface area contributed by atoms with E-state index in [0.717, 1.165) is 0 Å². The largest absolute Gasteiger partial charge is 0.507 e. The van der Waals surface area contributed by atoms with Crippen LogP contribution in [-0.2, 0) is 0 Å². The standard InChI is InChI=1S/C11H18BrN3O.C2H6/c1-11(2,3)6-15(14)7-4-5-8(16)9(12)10(7)13;1-2/h4-5,16H,6,13-14H2,1-3H3;1-2H3. The van der Waals surface area contributed by atoms with Crippen LogP contribution in [0, 0.1) is 5.41 Å². The zero-order valence-electron chi connectivity index (χ0n) is 11.8. The molecule has 0 fully saturated rings. The minimum absolute atomic E-state index is 0.0750. The summed E-state index contributed by atoms with van der Waals surface area (Å²) in [6.45, 7) is 11.0. The molecule has 1 rings (SSSR count). The maximum atomic E-state index is 9.45. The predicted molar refractivity (Wildman–Crippen MR) is 82.6 cm³/mol. The minimum Gasteiger partial charge on any atom is -0.507 e. The molecule has 0 unspecified atom stereocenters. The third kappa shape index (κ3) is 4.74. The van der Waals surface area contributed by atoms with Gasteiger partial charge in [-0.3, -0.25) is 0 Å². The molecule has 0 radical (unpaired) electrons. The average Bonchev–Trinajstić information content (AvgIpc) is 2.26. The van der Waals surface area contributed by atoms with Gasteiger partial charge in [-0.15, -0.1) is 0 Å². The molecule has 0 atom stereocenters. The first-order valence-electron chi connectivity index (χ1n) is 6.01. The summed E-state index contributed by atoms with van der Waals surface area (Å²) in [6, 6.07) is 3.28. The van der Waals surface area contributed by atoms with Crippen molar-refractivity contribution < 1.29 is 5.11 Å². The highest BCUT2D eigenvalue weighted by molar-refractivity contribution is 9.10. The van der Waals surface area contributed by atoms with Gasteiger partial charge in [0.1, 0.15) is 5.75 Å². The van der Waals surface area contributed by atoms with Crippen LogP contribution in [0.4, 0.5) is 11.4 Å². The quantitative estimate of drug-likeness (QED) is 0.443. The van der Waals surface area contributed by atoms with Gasteiger partial charge in [-0.25, -0.2) is 5.84 Å². The number of nitrogens with zero attached hydrogens (tertiary/aromatic N) is 1. The van der Waals surface area contributed by atoms with Crippen LogP contribution in [0.1, 0.15) is 34.6 Å². The monoisotopic (exact) mass is 317 g/mol. The summed E-state index contributed by atoms with van der Waals surface area (Å²) in [5.74, 6) is 6.07. The van der Waals surface area contributed by atoms with Crippen molar-refractivity contribution in [1.29, 1.82) is 0 Å². The lowest BCUT2D eigenvalue weighted by Crippen LogP contribution is -2.38. The van der Waals surface area contributed by atoms with Gasteiger partial charge >= 0.3 is 0 Å². The maximum absolute atomic E-state index is 9.45. The van der Waals surface area contributed by atoms with Gasteiger partial charge in [0.25, 0.3) is 0 Å². The van der Waals surface area contributed by atoms with Crippen LogP contribution in [0.3, 0.4) is 0 Å². The van der Waals surface area contributed by atoms with Crippen molar-refractivity contribution in [3.63, 3.8) is 0 Å². The average molecular weight is 318 g/mol. The van der Waals surface area contributed by atoms with Gasteiger partial charge in [0.15, 0.2) is 0 Å². The van der Waals surface area contributed by atoms with Crippen molar-refractivity contribution in [3.05, 3.63) is 16.6 Å². The Morgan fingerprint density at radius 2 is 1.78 bits per heavy atom. The summed E-state index contributed by atoms with van der Waals surface area (Å²) in [4.78, 5) is 0. The van der Waals surface area contributed by atoms with Crippen LogP contribution in [-0.4, -0.2) is 11.7 Å². The molecule has 0 aliphatic heterocycles. The Bertz CT molecular complexity index is 389. The van der Waals surface area contributed by atoms with Crippen LogP contribution < -0.4 is 16.6 Å². The van der Waals surface area contributed by atoms with E-state index in [4.69, 9.17) is 11.6 Å². The highest BCUT2D eigenvalue weighted by Gasteiger charge is 2.17. The van der Waals surface area contributed by atoms with E-state index in [9.17, 15) is 5.11 Å². The number of phenolic OH excluding ortho intramolecular Hbond substituents is 1. The molecule has 0 aliphatic rings. The molecule has 0 saturated heterocycles. The van der Waals surface area contributed by atoms with Crippen molar-refractivity contribution >= 4 is 27.3 Å². The summed E-state index contributed by atoms with van der Waals surface area (Å²) in [5, 5.41) is 11.0. The van der Waals surface area contributed by atoms with E-state index < -0.39 is 0 Å². The van der Waals surface area contributed by atoms with Gasteiger partial charge in [-0.05, 0) is 33.5 Å². The summed E-state index contributed by atoms with van der Waals surface area (Å²) in [6.07, 6.45) is 0. The van der Waals surface area contributed by atoms with Crippen LogP contribution in [0.25, 0.3) is 0 Å².